The van der Waals surface area contributed by atoms with Crippen molar-refractivity contribution in [1.29, 1.82) is 5.26 Å². The van der Waals surface area contributed by atoms with Crippen LogP contribution >= 0.6 is 0 Å². The Morgan fingerprint density at radius 2 is 2.03 bits per heavy atom. The molecule has 2 bridgehead atoms. The Morgan fingerprint density at radius 3 is 2.71 bits per heavy atom. The van der Waals surface area contributed by atoms with E-state index in [-0.39, 0.29) is 12.2 Å². The number of carbonyl (C=O) groups is 1. The average molecular weight is 465 g/mol. The Morgan fingerprint density at radius 1 is 1.24 bits per heavy atom. The molecule has 3 fully saturated rings. The zero-order valence-corrected chi connectivity index (χ0v) is 19.7. The number of hydrogen-bond donors (Lipinski definition) is 4. The number of aromatic nitrogens is 2. The standard InChI is InChI=1S/C24H32N8O2/c1-14-8-22(31-30-14)28-21-12-20-19(9-15(13-26-20)24(33)34-2)23(29-21)27-16-10-17-4-5-18(11-16)32(17)7-3-6-25/h9,12-14,16-18,22,30-31H,3-5,7-8,10-11H2,1-2H3,(H2,27,28,29)/t14?,16?,17-,18+,22?. The van der Waals surface area contributed by atoms with Gasteiger partial charge in [0, 0.05) is 54.8 Å². The van der Waals surface area contributed by atoms with Gasteiger partial charge in [-0.25, -0.2) is 15.2 Å². The van der Waals surface area contributed by atoms with Crippen LogP contribution in [0.2, 0.25) is 0 Å². The molecule has 2 aromatic heterocycles. The number of anilines is 2. The van der Waals surface area contributed by atoms with Crippen molar-refractivity contribution >= 4 is 28.5 Å². The lowest BCUT2D eigenvalue weighted by Gasteiger charge is -2.39. The van der Waals surface area contributed by atoms with Crippen molar-refractivity contribution in [3.05, 3.63) is 23.9 Å². The molecule has 5 heterocycles. The molecule has 5 atom stereocenters. The highest BCUT2D eigenvalue weighted by Gasteiger charge is 2.40. The number of nitrogens with zero attached hydrogens (tertiary/aromatic N) is 4. The lowest BCUT2D eigenvalue weighted by atomic mass is 9.97. The number of hydrazine groups is 1. The minimum Gasteiger partial charge on any atom is -0.465 e. The summed E-state index contributed by atoms with van der Waals surface area (Å²) in [5.74, 6) is 1.05. The number of fused-ring (bicyclic) bond motifs is 3. The van der Waals surface area contributed by atoms with Crippen LogP contribution in [0.3, 0.4) is 0 Å². The van der Waals surface area contributed by atoms with Crippen molar-refractivity contribution in [2.75, 3.05) is 24.3 Å². The first-order valence-corrected chi connectivity index (χ1v) is 12.1. The Bertz CT molecular complexity index is 1090. The molecule has 0 radical (unpaired) electrons. The summed E-state index contributed by atoms with van der Waals surface area (Å²) in [6.07, 6.45) is 7.51. The predicted octanol–water partition coefficient (Wildman–Crippen LogP) is 2.36. The van der Waals surface area contributed by atoms with Crippen LogP contribution in [0, 0.1) is 11.3 Å². The molecule has 10 nitrogen and oxygen atoms in total. The molecule has 3 aliphatic rings. The summed E-state index contributed by atoms with van der Waals surface area (Å²) in [6, 6.07) is 7.65. The van der Waals surface area contributed by atoms with Crippen LogP contribution < -0.4 is 21.5 Å². The van der Waals surface area contributed by atoms with Crippen molar-refractivity contribution in [3.63, 3.8) is 0 Å². The van der Waals surface area contributed by atoms with Crippen LogP contribution in [-0.2, 0) is 4.74 Å². The zero-order chi connectivity index (χ0) is 23.7. The number of hydrogen-bond acceptors (Lipinski definition) is 10. The fourth-order valence-corrected chi connectivity index (χ4v) is 5.65. The van der Waals surface area contributed by atoms with Gasteiger partial charge in [-0.05, 0) is 45.1 Å². The first kappa shape index (κ1) is 22.8. The summed E-state index contributed by atoms with van der Waals surface area (Å²) in [4.78, 5) is 24.1. The van der Waals surface area contributed by atoms with Crippen molar-refractivity contribution in [3.8, 4) is 6.07 Å². The monoisotopic (exact) mass is 464 g/mol. The van der Waals surface area contributed by atoms with Crippen LogP contribution in [0.4, 0.5) is 11.6 Å². The van der Waals surface area contributed by atoms with Crippen LogP contribution in [0.5, 0.6) is 0 Å². The van der Waals surface area contributed by atoms with E-state index < -0.39 is 5.97 Å². The number of esters is 1. The molecule has 0 spiro atoms. The van der Waals surface area contributed by atoms with E-state index in [0.29, 0.717) is 30.1 Å². The second-order valence-electron chi connectivity index (χ2n) is 9.60. The molecule has 3 aliphatic heterocycles. The van der Waals surface area contributed by atoms with E-state index in [9.17, 15) is 4.79 Å². The number of piperidine rings is 1. The van der Waals surface area contributed by atoms with Gasteiger partial charge in [0.2, 0.25) is 0 Å². The van der Waals surface area contributed by atoms with Gasteiger partial charge in [0.1, 0.15) is 11.6 Å². The molecule has 0 saturated carbocycles. The van der Waals surface area contributed by atoms with Gasteiger partial charge in [-0.2, -0.15) is 5.26 Å². The summed E-state index contributed by atoms with van der Waals surface area (Å²) in [5, 5.41) is 17.0. The maximum absolute atomic E-state index is 12.1. The molecule has 5 rings (SSSR count). The topological polar surface area (TPSA) is 127 Å². The minimum absolute atomic E-state index is 0.0707. The number of nitriles is 1. The number of carbonyl (C=O) groups excluding carboxylic acids is 1. The largest absolute Gasteiger partial charge is 0.465 e. The highest BCUT2D eigenvalue weighted by molar-refractivity contribution is 5.98. The van der Waals surface area contributed by atoms with E-state index >= 15 is 0 Å². The molecule has 180 valence electrons. The molecular formula is C24H32N8O2. The molecule has 4 N–H and O–H groups in total. The van der Waals surface area contributed by atoms with Crippen LogP contribution in [0.1, 0.15) is 55.8 Å². The van der Waals surface area contributed by atoms with Gasteiger partial charge in [0.15, 0.2) is 0 Å². The first-order valence-electron chi connectivity index (χ1n) is 12.1. The Kier molecular flexibility index (Phi) is 6.50. The predicted molar refractivity (Wildman–Crippen MR) is 129 cm³/mol. The van der Waals surface area contributed by atoms with Crippen LogP contribution in [-0.4, -0.2) is 64.8 Å². The number of ether oxygens (including phenoxy) is 1. The van der Waals surface area contributed by atoms with Crippen molar-refractivity contribution in [1.82, 2.24) is 25.7 Å². The Hall–Kier alpha value is -3.00. The molecule has 10 heteroatoms. The smallest absolute Gasteiger partial charge is 0.339 e. The summed E-state index contributed by atoms with van der Waals surface area (Å²) >= 11 is 0. The maximum atomic E-state index is 12.1. The summed E-state index contributed by atoms with van der Waals surface area (Å²) in [6.45, 7) is 2.98. The van der Waals surface area contributed by atoms with E-state index in [1.807, 2.05) is 6.07 Å². The van der Waals surface area contributed by atoms with E-state index in [1.54, 1.807) is 12.3 Å². The molecule has 0 aromatic carbocycles. The highest BCUT2D eigenvalue weighted by Crippen LogP contribution is 2.37. The average Bonchev–Trinajstić information content (AvgIpc) is 3.35. The van der Waals surface area contributed by atoms with Gasteiger partial charge >= 0.3 is 5.97 Å². The molecule has 3 unspecified atom stereocenters. The number of methoxy groups -OCH3 is 1. The third-order valence-corrected chi connectivity index (χ3v) is 7.22. The quantitative estimate of drug-likeness (QED) is 0.454. The van der Waals surface area contributed by atoms with Crippen molar-refractivity contribution in [2.24, 2.45) is 0 Å². The molecule has 2 aromatic rings. The van der Waals surface area contributed by atoms with Crippen molar-refractivity contribution in [2.45, 2.75) is 75.8 Å². The normalized spacial score (nSPS) is 28.6. The van der Waals surface area contributed by atoms with Gasteiger partial charge in [0.25, 0.3) is 0 Å². The zero-order valence-electron chi connectivity index (χ0n) is 19.7. The van der Waals surface area contributed by atoms with Gasteiger partial charge in [-0.15, -0.1) is 0 Å². The molecular weight excluding hydrogens is 432 g/mol. The lowest BCUT2D eigenvalue weighted by molar-refractivity contribution is 0.0600. The number of rotatable bonds is 7. The van der Waals surface area contributed by atoms with Gasteiger partial charge in [-0.3, -0.25) is 15.3 Å². The SMILES string of the molecule is COC(=O)c1cnc2cc(NC3CC(C)NN3)nc(NC3C[C@H]4CC[C@@H](C3)N4CCC#N)c2c1. The third-order valence-electron chi connectivity index (χ3n) is 7.22. The molecule has 34 heavy (non-hydrogen) atoms. The summed E-state index contributed by atoms with van der Waals surface area (Å²) in [7, 11) is 1.37. The van der Waals surface area contributed by atoms with E-state index in [1.165, 1.54) is 20.0 Å². The fraction of sp³-hybridized carbons (Fsp3) is 0.583. The number of pyridine rings is 2. The minimum atomic E-state index is -0.415. The van der Waals surface area contributed by atoms with E-state index in [2.05, 4.69) is 44.4 Å². The second-order valence-corrected chi connectivity index (χ2v) is 9.60. The second kappa shape index (κ2) is 9.70. The molecule has 0 amide bonds. The van der Waals surface area contributed by atoms with Crippen LogP contribution in [0.15, 0.2) is 18.3 Å². The number of nitrogens with one attached hydrogen (secondary N) is 4. The summed E-state index contributed by atoms with van der Waals surface area (Å²) < 4.78 is 4.90. The van der Waals surface area contributed by atoms with E-state index in [0.717, 1.165) is 48.3 Å². The third kappa shape index (κ3) is 4.64. The molecule has 0 aliphatic carbocycles. The van der Waals surface area contributed by atoms with Gasteiger partial charge < -0.3 is 15.4 Å². The maximum Gasteiger partial charge on any atom is 0.339 e. The Balaban J connectivity index is 1.42. The van der Waals surface area contributed by atoms with Crippen LogP contribution in [0.25, 0.3) is 10.9 Å². The van der Waals surface area contributed by atoms with Gasteiger partial charge in [0.05, 0.1) is 30.4 Å². The first-order chi connectivity index (χ1) is 16.5. The van der Waals surface area contributed by atoms with Gasteiger partial charge in [-0.1, -0.05) is 0 Å². The molecule has 3 saturated heterocycles. The Labute approximate surface area is 199 Å². The van der Waals surface area contributed by atoms with Crippen molar-refractivity contribution < 1.29 is 9.53 Å². The lowest BCUT2D eigenvalue weighted by Crippen LogP contribution is -2.47. The van der Waals surface area contributed by atoms with E-state index in [4.69, 9.17) is 15.0 Å². The highest BCUT2D eigenvalue weighted by atomic mass is 16.5. The fourth-order valence-electron chi connectivity index (χ4n) is 5.65. The summed E-state index contributed by atoms with van der Waals surface area (Å²) in [5.41, 5.74) is 7.64.